The molecule has 38 heavy (non-hydrogen) atoms. The Morgan fingerprint density at radius 2 is 2.00 bits per heavy atom. The van der Waals surface area contributed by atoms with Gasteiger partial charge in [0.1, 0.15) is 27.8 Å². The topological polar surface area (TPSA) is 95.7 Å². The second kappa shape index (κ2) is 11.2. The molecule has 1 N–H and O–H groups in total. The zero-order chi connectivity index (χ0) is 26.9. The van der Waals surface area contributed by atoms with Gasteiger partial charge in [-0.15, -0.1) is 21.5 Å². The fourth-order valence-corrected chi connectivity index (χ4v) is 7.26. The Morgan fingerprint density at radius 3 is 2.66 bits per heavy atom. The third-order valence-corrected chi connectivity index (χ3v) is 9.76. The summed E-state index contributed by atoms with van der Waals surface area (Å²) in [7, 11) is 5.01. The molecule has 2 aromatic heterocycles. The first-order valence-corrected chi connectivity index (χ1v) is 14.6. The highest BCUT2D eigenvalue weighted by molar-refractivity contribution is 8.03. The fraction of sp³-hybridized carbons (Fsp3) is 0.444. The fourth-order valence-electron chi connectivity index (χ4n) is 5.45. The number of esters is 1. The Kier molecular flexibility index (Phi) is 7.93. The van der Waals surface area contributed by atoms with E-state index in [-0.39, 0.29) is 23.0 Å². The summed E-state index contributed by atoms with van der Waals surface area (Å²) >= 11 is 9.06. The van der Waals surface area contributed by atoms with Crippen LogP contribution in [0.4, 0.5) is 0 Å². The first-order valence-electron chi connectivity index (χ1n) is 12.5. The normalized spacial score (nSPS) is 20.2. The van der Waals surface area contributed by atoms with Crippen LogP contribution >= 0.6 is 34.7 Å². The number of thiophene rings is 1. The molecule has 3 heterocycles. The molecule has 5 rings (SSSR count). The van der Waals surface area contributed by atoms with Crippen molar-refractivity contribution in [2.75, 3.05) is 14.2 Å². The van der Waals surface area contributed by atoms with Gasteiger partial charge in [0.05, 0.1) is 24.1 Å². The van der Waals surface area contributed by atoms with Crippen molar-refractivity contribution >= 4 is 40.7 Å². The molecular formula is C27H30ClN3O5S2. The number of thioether (sulfide) groups is 1. The summed E-state index contributed by atoms with van der Waals surface area (Å²) in [5, 5.41) is 22.7. The van der Waals surface area contributed by atoms with Crippen LogP contribution in [0.5, 0.6) is 11.5 Å². The number of carbonyl (C=O) groups excluding carboxylic acids is 1. The van der Waals surface area contributed by atoms with E-state index in [1.807, 2.05) is 35.2 Å². The zero-order valence-electron chi connectivity index (χ0n) is 21.5. The number of hydrogen-bond acceptors (Lipinski definition) is 9. The predicted molar refractivity (Wildman–Crippen MR) is 148 cm³/mol. The summed E-state index contributed by atoms with van der Waals surface area (Å²) in [5.41, 5.74) is 0.0943. The summed E-state index contributed by atoms with van der Waals surface area (Å²) < 4.78 is 19.0. The second-order valence-corrected chi connectivity index (χ2v) is 12.0. The van der Waals surface area contributed by atoms with Crippen LogP contribution in [-0.4, -0.2) is 45.7 Å². The monoisotopic (exact) mass is 575 g/mol. The van der Waals surface area contributed by atoms with Gasteiger partial charge in [-0.05, 0) is 66.4 Å². The standard InChI is InChI=1S/C27H30ClN3O5S2/c1-31-24(22-9-6-12-37-22)29-30-26(31)38-23-19(32)15-27(36-25(23)33,17-7-4-5-8-17)11-10-16-13-18(28)21(35-3)14-20(16)34-2/h6,9,12-14,17,32H,4-5,7-8,10-11,15H2,1-3H3. The summed E-state index contributed by atoms with van der Waals surface area (Å²) in [5.74, 6) is 1.59. The van der Waals surface area contributed by atoms with Crippen molar-refractivity contribution in [2.45, 2.75) is 55.7 Å². The number of benzene rings is 1. The highest BCUT2D eigenvalue weighted by Crippen LogP contribution is 2.48. The van der Waals surface area contributed by atoms with E-state index in [0.717, 1.165) is 47.9 Å². The molecule has 0 amide bonds. The van der Waals surface area contributed by atoms with Crippen LogP contribution in [0.1, 0.15) is 44.1 Å². The number of hydrogen-bond donors (Lipinski definition) is 1. The van der Waals surface area contributed by atoms with Gasteiger partial charge < -0.3 is 23.9 Å². The van der Waals surface area contributed by atoms with Gasteiger partial charge in [-0.2, -0.15) is 0 Å². The number of cyclic esters (lactones) is 1. The first kappa shape index (κ1) is 26.9. The van der Waals surface area contributed by atoms with Crippen molar-refractivity contribution in [1.29, 1.82) is 0 Å². The highest BCUT2D eigenvalue weighted by Gasteiger charge is 2.48. The molecule has 11 heteroatoms. The molecule has 1 atom stereocenters. The van der Waals surface area contributed by atoms with Gasteiger partial charge in [0.25, 0.3) is 0 Å². The lowest BCUT2D eigenvalue weighted by Crippen LogP contribution is -2.45. The molecule has 1 aromatic carbocycles. The van der Waals surface area contributed by atoms with Gasteiger partial charge in [0.15, 0.2) is 11.0 Å². The Hall–Kier alpha value is -2.69. The molecule has 0 bridgehead atoms. The van der Waals surface area contributed by atoms with Crippen LogP contribution in [0.25, 0.3) is 10.7 Å². The predicted octanol–water partition coefficient (Wildman–Crippen LogP) is 6.58. The van der Waals surface area contributed by atoms with Gasteiger partial charge in [0.2, 0.25) is 0 Å². The number of aliphatic hydroxyl groups is 1. The number of methoxy groups -OCH3 is 2. The number of ether oxygens (including phenoxy) is 3. The molecular weight excluding hydrogens is 546 g/mol. The minimum absolute atomic E-state index is 0.0403. The molecule has 1 saturated carbocycles. The van der Waals surface area contributed by atoms with Crippen molar-refractivity contribution in [1.82, 2.24) is 14.8 Å². The summed E-state index contributed by atoms with van der Waals surface area (Å²) in [6, 6.07) is 7.52. The van der Waals surface area contributed by atoms with E-state index >= 15 is 0 Å². The molecule has 0 spiro atoms. The lowest BCUT2D eigenvalue weighted by molar-refractivity contribution is -0.166. The van der Waals surface area contributed by atoms with Crippen LogP contribution in [0, 0.1) is 5.92 Å². The zero-order valence-corrected chi connectivity index (χ0v) is 23.9. The smallest absolute Gasteiger partial charge is 0.349 e. The molecule has 1 aliphatic carbocycles. The quantitative estimate of drug-likeness (QED) is 0.286. The lowest BCUT2D eigenvalue weighted by atomic mass is 9.77. The second-order valence-electron chi connectivity index (χ2n) is 9.63. The Balaban J connectivity index is 1.41. The Bertz CT molecular complexity index is 1350. The maximum absolute atomic E-state index is 13.4. The number of aliphatic hydroxyl groups excluding tert-OH is 1. The van der Waals surface area contributed by atoms with Crippen LogP contribution in [-0.2, 0) is 23.0 Å². The van der Waals surface area contributed by atoms with Crippen molar-refractivity contribution in [2.24, 2.45) is 13.0 Å². The molecule has 1 unspecified atom stereocenters. The van der Waals surface area contributed by atoms with Crippen molar-refractivity contribution in [3.05, 3.63) is 50.9 Å². The number of aromatic nitrogens is 3. The average Bonchev–Trinajstić information content (AvgIpc) is 3.68. The molecule has 1 fully saturated rings. The largest absolute Gasteiger partial charge is 0.511 e. The van der Waals surface area contributed by atoms with Gasteiger partial charge in [-0.1, -0.05) is 30.5 Å². The Labute approximate surface area is 235 Å². The molecule has 3 aromatic rings. The van der Waals surface area contributed by atoms with E-state index in [0.29, 0.717) is 40.3 Å². The SMILES string of the molecule is COc1cc(OC)c(CCC2(C3CCCC3)CC(O)=C(Sc3nnc(-c4cccs4)n3C)C(=O)O2)cc1Cl. The van der Waals surface area contributed by atoms with Crippen LogP contribution < -0.4 is 9.47 Å². The third kappa shape index (κ3) is 5.13. The molecule has 0 radical (unpaired) electrons. The molecule has 1 aliphatic heterocycles. The maximum atomic E-state index is 13.4. The van der Waals surface area contributed by atoms with E-state index in [9.17, 15) is 9.90 Å². The van der Waals surface area contributed by atoms with Crippen molar-refractivity contribution in [3.8, 4) is 22.2 Å². The van der Waals surface area contributed by atoms with Crippen molar-refractivity contribution < 1.29 is 24.1 Å². The van der Waals surface area contributed by atoms with E-state index in [4.69, 9.17) is 25.8 Å². The van der Waals surface area contributed by atoms with Gasteiger partial charge in [-0.3, -0.25) is 0 Å². The maximum Gasteiger partial charge on any atom is 0.349 e. The first-order chi connectivity index (χ1) is 18.3. The molecule has 0 saturated heterocycles. The van der Waals surface area contributed by atoms with Crippen molar-refractivity contribution in [3.63, 3.8) is 0 Å². The summed E-state index contributed by atoms with van der Waals surface area (Å²) in [6.07, 6.45) is 5.44. The lowest BCUT2D eigenvalue weighted by Gasteiger charge is -2.41. The third-order valence-electron chi connectivity index (χ3n) is 7.45. The number of rotatable bonds is 9. The van der Waals surface area contributed by atoms with E-state index < -0.39 is 11.6 Å². The van der Waals surface area contributed by atoms with E-state index in [1.165, 1.54) is 0 Å². The highest BCUT2D eigenvalue weighted by atomic mass is 35.5. The Morgan fingerprint density at radius 1 is 1.24 bits per heavy atom. The molecule has 8 nitrogen and oxygen atoms in total. The van der Waals surface area contributed by atoms with Gasteiger partial charge in [-0.25, -0.2) is 4.79 Å². The summed E-state index contributed by atoms with van der Waals surface area (Å²) in [6.45, 7) is 0. The molecule has 2 aliphatic rings. The minimum Gasteiger partial charge on any atom is -0.511 e. The van der Waals surface area contributed by atoms with Gasteiger partial charge in [0, 0.05) is 19.5 Å². The summed E-state index contributed by atoms with van der Waals surface area (Å²) in [4.78, 5) is 14.6. The number of aryl methyl sites for hydroxylation is 1. The average molecular weight is 576 g/mol. The number of carbonyl (C=O) groups is 1. The van der Waals surface area contributed by atoms with Crippen LogP contribution in [0.3, 0.4) is 0 Å². The van der Waals surface area contributed by atoms with Crippen LogP contribution in [0.15, 0.2) is 45.5 Å². The number of nitrogens with zero attached hydrogens (tertiary/aromatic N) is 3. The van der Waals surface area contributed by atoms with Crippen LogP contribution in [0.2, 0.25) is 5.02 Å². The van der Waals surface area contributed by atoms with E-state index in [1.54, 1.807) is 31.6 Å². The van der Waals surface area contributed by atoms with Gasteiger partial charge >= 0.3 is 5.97 Å². The van der Waals surface area contributed by atoms with E-state index in [2.05, 4.69) is 10.2 Å². The number of halogens is 1. The minimum atomic E-state index is -0.804. The molecule has 202 valence electrons.